The minimum Gasteiger partial charge on any atom is -0.481 e. The first-order chi connectivity index (χ1) is 12.3. The summed E-state index contributed by atoms with van der Waals surface area (Å²) in [5.41, 5.74) is 1.53. The van der Waals surface area contributed by atoms with E-state index in [0.29, 0.717) is 12.0 Å². The Bertz CT molecular complexity index is 959. The Morgan fingerprint density at radius 1 is 1.31 bits per heavy atom. The van der Waals surface area contributed by atoms with Gasteiger partial charge in [0.2, 0.25) is 16.9 Å². The second kappa shape index (κ2) is 7.08. The highest BCUT2D eigenvalue weighted by atomic mass is 35.5. The van der Waals surface area contributed by atoms with Crippen molar-refractivity contribution in [1.29, 1.82) is 0 Å². The number of nitrogens with one attached hydrogen (secondary N) is 2. The smallest absolute Gasteiger partial charge is 0.335 e. The standard InChI is InChI=1S/C14H17ClN6O4S/c1-21-9-6-4-3-5-8(9)12(19-21)26(23,24)20-14(22)18-13-16-10(15)7-11(17-13)25-2/h7H,3-6H2,1-2H3,(H2,16,17,18,20,22). The van der Waals surface area contributed by atoms with E-state index >= 15 is 0 Å². The summed E-state index contributed by atoms with van der Waals surface area (Å²) >= 11 is 5.79. The minimum atomic E-state index is -4.14. The molecule has 1 aliphatic rings. The molecule has 0 unspecified atom stereocenters. The SMILES string of the molecule is COc1cc(Cl)nc(NC(=O)NS(=O)(=O)c2nn(C)c3c2CCCC3)n1. The number of amides is 2. The van der Waals surface area contributed by atoms with Crippen LogP contribution in [0, 0.1) is 0 Å². The number of ether oxygens (including phenoxy) is 1. The van der Waals surface area contributed by atoms with Gasteiger partial charge in [-0.3, -0.25) is 10.00 Å². The fourth-order valence-corrected chi connectivity index (χ4v) is 4.14. The van der Waals surface area contributed by atoms with Gasteiger partial charge in [0.1, 0.15) is 5.15 Å². The van der Waals surface area contributed by atoms with E-state index in [0.717, 1.165) is 25.0 Å². The first-order valence-corrected chi connectivity index (χ1v) is 9.63. The number of aryl methyl sites for hydroxylation is 1. The number of methoxy groups -OCH3 is 1. The quantitative estimate of drug-likeness (QED) is 0.739. The second-order valence-corrected chi connectivity index (χ2v) is 7.66. The van der Waals surface area contributed by atoms with Crippen molar-refractivity contribution >= 4 is 33.6 Å². The number of rotatable bonds is 4. The van der Waals surface area contributed by atoms with Crippen LogP contribution in [0.5, 0.6) is 5.88 Å². The van der Waals surface area contributed by atoms with Crippen LogP contribution in [0.15, 0.2) is 11.1 Å². The van der Waals surface area contributed by atoms with Crippen LogP contribution < -0.4 is 14.8 Å². The summed E-state index contributed by atoms with van der Waals surface area (Å²) < 4.78 is 33.5. The van der Waals surface area contributed by atoms with Crippen LogP contribution in [0.3, 0.4) is 0 Å². The zero-order chi connectivity index (χ0) is 18.9. The van der Waals surface area contributed by atoms with Crippen molar-refractivity contribution in [3.05, 3.63) is 22.5 Å². The van der Waals surface area contributed by atoms with Gasteiger partial charge in [0.05, 0.1) is 7.11 Å². The summed E-state index contributed by atoms with van der Waals surface area (Å²) in [6, 6.07) is 0.325. The largest absolute Gasteiger partial charge is 0.481 e. The van der Waals surface area contributed by atoms with Crippen LogP contribution in [0.4, 0.5) is 10.7 Å². The van der Waals surface area contributed by atoms with Gasteiger partial charge in [0.25, 0.3) is 10.0 Å². The molecule has 0 bridgehead atoms. The third-order valence-electron chi connectivity index (χ3n) is 3.92. The van der Waals surface area contributed by atoms with Crippen molar-refractivity contribution in [3.8, 4) is 5.88 Å². The number of carbonyl (C=O) groups is 1. The second-order valence-electron chi connectivity index (χ2n) is 5.68. The third kappa shape index (κ3) is 3.73. The van der Waals surface area contributed by atoms with E-state index in [1.165, 1.54) is 13.2 Å². The van der Waals surface area contributed by atoms with Gasteiger partial charge in [-0.25, -0.2) is 14.5 Å². The highest BCUT2D eigenvalue weighted by Gasteiger charge is 2.29. The first-order valence-electron chi connectivity index (χ1n) is 7.77. The van der Waals surface area contributed by atoms with E-state index < -0.39 is 16.1 Å². The molecule has 2 amide bonds. The van der Waals surface area contributed by atoms with Crippen molar-refractivity contribution < 1.29 is 17.9 Å². The Labute approximate surface area is 155 Å². The molecule has 12 heteroatoms. The van der Waals surface area contributed by atoms with Gasteiger partial charge in [0.15, 0.2) is 0 Å². The summed E-state index contributed by atoms with van der Waals surface area (Å²) in [7, 11) is -1.08. The van der Waals surface area contributed by atoms with E-state index in [2.05, 4.69) is 20.4 Å². The van der Waals surface area contributed by atoms with Gasteiger partial charge in [0, 0.05) is 24.4 Å². The van der Waals surface area contributed by atoms with E-state index in [1.54, 1.807) is 11.7 Å². The molecule has 0 saturated carbocycles. The molecule has 3 rings (SSSR count). The van der Waals surface area contributed by atoms with Crippen molar-refractivity contribution in [2.45, 2.75) is 30.7 Å². The van der Waals surface area contributed by atoms with Crippen LogP contribution in [-0.4, -0.2) is 41.3 Å². The maximum Gasteiger partial charge on any atom is 0.335 e. The molecule has 0 atom stereocenters. The number of urea groups is 1. The molecule has 2 heterocycles. The van der Waals surface area contributed by atoms with Gasteiger partial charge in [-0.15, -0.1) is 0 Å². The highest BCUT2D eigenvalue weighted by molar-refractivity contribution is 7.90. The number of hydrogen-bond acceptors (Lipinski definition) is 7. The number of hydrogen-bond donors (Lipinski definition) is 2. The molecule has 2 N–H and O–H groups in total. The number of carbonyl (C=O) groups excluding carboxylic acids is 1. The number of anilines is 1. The number of halogens is 1. The monoisotopic (exact) mass is 400 g/mol. The van der Waals surface area contributed by atoms with Gasteiger partial charge in [-0.05, 0) is 25.7 Å². The van der Waals surface area contributed by atoms with Crippen molar-refractivity contribution in [2.24, 2.45) is 7.05 Å². The lowest BCUT2D eigenvalue weighted by Gasteiger charge is -2.13. The average Bonchev–Trinajstić information content (AvgIpc) is 2.92. The lowest BCUT2D eigenvalue weighted by atomic mass is 9.98. The average molecular weight is 401 g/mol. The van der Waals surface area contributed by atoms with E-state index in [-0.39, 0.29) is 22.0 Å². The van der Waals surface area contributed by atoms with Crippen LogP contribution in [0.2, 0.25) is 5.15 Å². The zero-order valence-corrected chi connectivity index (χ0v) is 15.7. The van der Waals surface area contributed by atoms with E-state index in [9.17, 15) is 13.2 Å². The number of aromatic nitrogens is 4. The van der Waals surface area contributed by atoms with Gasteiger partial charge in [-0.1, -0.05) is 11.6 Å². The molecule has 140 valence electrons. The van der Waals surface area contributed by atoms with Crippen LogP contribution in [0.1, 0.15) is 24.1 Å². The Morgan fingerprint density at radius 3 is 2.77 bits per heavy atom. The minimum absolute atomic E-state index is 0.0359. The third-order valence-corrected chi connectivity index (χ3v) is 5.40. The highest BCUT2D eigenvalue weighted by Crippen LogP contribution is 2.26. The molecule has 2 aromatic rings. The lowest BCUT2D eigenvalue weighted by molar-refractivity contribution is 0.256. The van der Waals surface area contributed by atoms with Gasteiger partial charge >= 0.3 is 6.03 Å². The molecule has 0 spiro atoms. The van der Waals surface area contributed by atoms with Crippen LogP contribution in [-0.2, 0) is 29.9 Å². The maximum absolute atomic E-state index is 12.6. The number of nitrogens with zero attached hydrogens (tertiary/aromatic N) is 4. The Hall–Kier alpha value is -2.40. The van der Waals surface area contributed by atoms with Crippen molar-refractivity contribution in [2.75, 3.05) is 12.4 Å². The lowest BCUT2D eigenvalue weighted by Crippen LogP contribution is -2.35. The van der Waals surface area contributed by atoms with Crippen LogP contribution >= 0.6 is 11.6 Å². The molecule has 1 aliphatic carbocycles. The molecular formula is C14H17ClN6O4S. The number of sulfonamides is 1. The van der Waals surface area contributed by atoms with E-state index in [4.69, 9.17) is 16.3 Å². The molecule has 0 aliphatic heterocycles. The topological polar surface area (TPSA) is 128 Å². The Balaban J connectivity index is 1.80. The summed E-state index contributed by atoms with van der Waals surface area (Å²) in [6.07, 6.45) is 3.23. The van der Waals surface area contributed by atoms with Gasteiger partial charge in [-0.2, -0.15) is 18.5 Å². The molecule has 0 saturated heterocycles. The molecule has 0 fully saturated rings. The summed E-state index contributed by atoms with van der Waals surface area (Å²) in [6.45, 7) is 0. The van der Waals surface area contributed by atoms with Crippen molar-refractivity contribution in [3.63, 3.8) is 0 Å². The predicted octanol–water partition coefficient (Wildman–Crippen LogP) is 1.26. The predicted molar refractivity (Wildman–Crippen MR) is 92.8 cm³/mol. The van der Waals surface area contributed by atoms with Crippen molar-refractivity contribution in [1.82, 2.24) is 24.5 Å². The molecule has 0 radical (unpaired) electrons. The Kier molecular flexibility index (Phi) is 5.01. The fourth-order valence-electron chi connectivity index (χ4n) is 2.80. The molecule has 26 heavy (non-hydrogen) atoms. The zero-order valence-electron chi connectivity index (χ0n) is 14.1. The summed E-state index contributed by atoms with van der Waals surface area (Å²) in [4.78, 5) is 19.7. The first kappa shape index (κ1) is 18.4. The normalized spacial score (nSPS) is 13.8. The fraction of sp³-hybridized carbons (Fsp3) is 0.429. The summed E-state index contributed by atoms with van der Waals surface area (Å²) in [5, 5.41) is 6.20. The number of fused-ring (bicyclic) bond motifs is 1. The molecule has 0 aromatic carbocycles. The molecule has 2 aromatic heterocycles. The summed E-state index contributed by atoms with van der Waals surface area (Å²) in [5.74, 6) is -0.0629. The molecule has 10 nitrogen and oxygen atoms in total. The molecular weight excluding hydrogens is 384 g/mol. The van der Waals surface area contributed by atoms with E-state index in [1.807, 2.05) is 4.72 Å². The van der Waals surface area contributed by atoms with Crippen LogP contribution in [0.25, 0.3) is 0 Å². The maximum atomic E-state index is 12.6. The van der Waals surface area contributed by atoms with Gasteiger partial charge < -0.3 is 4.74 Å². The Morgan fingerprint density at radius 2 is 2.04 bits per heavy atom.